The average molecular weight is 284 g/mol. The zero-order chi connectivity index (χ0) is 15.4. The van der Waals surface area contributed by atoms with E-state index in [0.717, 1.165) is 22.6 Å². The molecule has 0 bridgehead atoms. The molecule has 21 heavy (non-hydrogen) atoms. The zero-order valence-corrected chi connectivity index (χ0v) is 12.5. The van der Waals surface area contributed by atoms with Gasteiger partial charge in [-0.15, -0.1) is 0 Å². The summed E-state index contributed by atoms with van der Waals surface area (Å²) in [6.45, 7) is 4.63. The number of amidine groups is 1. The molecule has 1 heterocycles. The molecule has 2 rings (SSSR count). The number of pyridine rings is 1. The predicted octanol–water partition coefficient (Wildman–Crippen LogP) is 2.43. The van der Waals surface area contributed by atoms with Crippen molar-refractivity contribution in [1.29, 1.82) is 0 Å². The summed E-state index contributed by atoms with van der Waals surface area (Å²) in [7, 11) is 1.97. The zero-order valence-electron chi connectivity index (χ0n) is 12.5. The van der Waals surface area contributed by atoms with E-state index in [1.54, 1.807) is 0 Å². The van der Waals surface area contributed by atoms with Crippen LogP contribution in [-0.4, -0.2) is 23.1 Å². The van der Waals surface area contributed by atoms with Gasteiger partial charge in [0.2, 0.25) is 0 Å². The van der Waals surface area contributed by atoms with Gasteiger partial charge in [-0.25, -0.2) is 0 Å². The highest BCUT2D eigenvalue weighted by Gasteiger charge is 2.12. The highest BCUT2D eigenvalue weighted by molar-refractivity contribution is 6.02. The van der Waals surface area contributed by atoms with E-state index in [-0.39, 0.29) is 5.84 Å². The Labute approximate surface area is 124 Å². The lowest BCUT2D eigenvalue weighted by Gasteiger charge is -2.22. The van der Waals surface area contributed by atoms with Crippen LogP contribution in [0.1, 0.15) is 22.5 Å². The number of hydrogen-bond donors (Lipinski definition) is 2. The third-order valence-electron chi connectivity index (χ3n) is 3.29. The topological polar surface area (TPSA) is 74.7 Å². The Kier molecular flexibility index (Phi) is 4.42. The average Bonchev–Trinajstić information content (AvgIpc) is 2.46. The van der Waals surface area contributed by atoms with E-state index in [4.69, 9.17) is 10.9 Å². The van der Waals surface area contributed by atoms with Crippen molar-refractivity contribution in [3.05, 3.63) is 58.9 Å². The Morgan fingerprint density at radius 2 is 2.05 bits per heavy atom. The largest absolute Gasteiger partial charge is 0.409 e. The summed E-state index contributed by atoms with van der Waals surface area (Å²) in [6, 6.07) is 11.8. The Hall–Kier alpha value is -2.56. The van der Waals surface area contributed by atoms with Gasteiger partial charge < -0.3 is 15.8 Å². The number of aryl methyl sites for hydroxylation is 2. The summed E-state index contributed by atoms with van der Waals surface area (Å²) in [6.07, 6.45) is 0. The van der Waals surface area contributed by atoms with Crippen LogP contribution in [-0.2, 0) is 6.54 Å². The van der Waals surface area contributed by atoms with Gasteiger partial charge in [0.1, 0.15) is 0 Å². The second kappa shape index (κ2) is 6.26. The van der Waals surface area contributed by atoms with Crippen LogP contribution in [0.3, 0.4) is 0 Å². The van der Waals surface area contributed by atoms with E-state index in [0.29, 0.717) is 12.1 Å². The van der Waals surface area contributed by atoms with Crippen molar-refractivity contribution < 1.29 is 5.21 Å². The third kappa shape index (κ3) is 3.51. The molecule has 0 fully saturated rings. The third-order valence-corrected chi connectivity index (χ3v) is 3.29. The summed E-state index contributed by atoms with van der Waals surface area (Å²) in [5.41, 5.74) is 10.5. The summed E-state index contributed by atoms with van der Waals surface area (Å²) < 4.78 is 0. The quantitative estimate of drug-likeness (QED) is 0.391. The Balaban J connectivity index is 2.34. The van der Waals surface area contributed by atoms with Crippen LogP contribution < -0.4 is 10.6 Å². The fraction of sp³-hybridized carbons (Fsp3) is 0.250. The lowest BCUT2D eigenvalue weighted by Crippen LogP contribution is -2.23. The van der Waals surface area contributed by atoms with Crippen molar-refractivity contribution in [1.82, 2.24) is 4.98 Å². The van der Waals surface area contributed by atoms with Crippen LogP contribution in [0.4, 0.5) is 5.69 Å². The number of anilines is 1. The molecule has 0 aliphatic carbocycles. The van der Waals surface area contributed by atoms with Crippen LogP contribution in [0, 0.1) is 13.8 Å². The molecular formula is C16H20N4O. The van der Waals surface area contributed by atoms with Crippen molar-refractivity contribution in [2.75, 3.05) is 11.9 Å². The Bertz CT molecular complexity index is 667. The molecule has 110 valence electrons. The molecule has 5 heteroatoms. The first-order chi connectivity index (χ1) is 10.0. The van der Waals surface area contributed by atoms with Gasteiger partial charge in [-0.1, -0.05) is 17.3 Å². The van der Waals surface area contributed by atoms with Crippen molar-refractivity contribution in [3.8, 4) is 0 Å². The number of hydrogen-bond acceptors (Lipinski definition) is 4. The molecule has 0 saturated heterocycles. The summed E-state index contributed by atoms with van der Waals surface area (Å²) in [4.78, 5) is 6.55. The van der Waals surface area contributed by atoms with Gasteiger partial charge in [-0.3, -0.25) is 4.98 Å². The molecule has 0 radical (unpaired) electrons. The molecule has 1 aromatic heterocycles. The van der Waals surface area contributed by atoms with Gasteiger partial charge in [0, 0.05) is 24.0 Å². The summed E-state index contributed by atoms with van der Waals surface area (Å²) in [5.74, 6) is 0.106. The fourth-order valence-corrected chi connectivity index (χ4v) is 2.24. The molecule has 0 saturated carbocycles. The lowest BCUT2D eigenvalue weighted by atomic mass is 10.1. The van der Waals surface area contributed by atoms with Gasteiger partial charge >= 0.3 is 0 Å². The van der Waals surface area contributed by atoms with E-state index in [2.05, 4.69) is 10.1 Å². The van der Waals surface area contributed by atoms with E-state index in [9.17, 15) is 0 Å². The SMILES string of the molecule is Cc1ccc(/C(N)=N/O)c(N(C)Cc2cccc(C)n2)c1. The van der Waals surface area contributed by atoms with Crippen molar-refractivity contribution in [3.63, 3.8) is 0 Å². The number of oxime groups is 1. The smallest absolute Gasteiger partial charge is 0.172 e. The first-order valence-electron chi connectivity index (χ1n) is 6.73. The highest BCUT2D eigenvalue weighted by Crippen LogP contribution is 2.22. The van der Waals surface area contributed by atoms with Gasteiger partial charge in [-0.2, -0.15) is 0 Å². The van der Waals surface area contributed by atoms with E-state index in [1.165, 1.54) is 0 Å². The van der Waals surface area contributed by atoms with Crippen LogP contribution in [0.2, 0.25) is 0 Å². The molecule has 0 amide bonds. The minimum absolute atomic E-state index is 0.106. The molecule has 5 nitrogen and oxygen atoms in total. The van der Waals surface area contributed by atoms with E-state index >= 15 is 0 Å². The van der Waals surface area contributed by atoms with E-state index < -0.39 is 0 Å². The van der Waals surface area contributed by atoms with Gasteiger partial charge in [0.05, 0.1) is 12.2 Å². The van der Waals surface area contributed by atoms with Crippen LogP contribution >= 0.6 is 0 Å². The molecule has 0 unspecified atom stereocenters. The molecule has 0 aliphatic heterocycles. The minimum Gasteiger partial charge on any atom is -0.409 e. The van der Waals surface area contributed by atoms with Gasteiger partial charge in [-0.05, 0) is 43.7 Å². The van der Waals surface area contributed by atoms with Crippen LogP contribution in [0.5, 0.6) is 0 Å². The summed E-state index contributed by atoms with van der Waals surface area (Å²) >= 11 is 0. The van der Waals surface area contributed by atoms with Crippen molar-refractivity contribution in [2.24, 2.45) is 10.9 Å². The molecule has 0 atom stereocenters. The number of nitrogens with two attached hydrogens (primary N) is 1. The maximum absolute atomic E-state index is 8.92. The molecule has 1 aromatic carbocycles. The second-order valence-electron chi connectivity index (χ2n) is 5.13. The van der Waals surface area contributed by atoms with Gasteiger partial charge in [0.25, 0.3) is 0 Å². The molecule has 0 spiro atoms. The molecule has 2 aromatic rings. The highest BCUT2D eigenvalue weighted by atomic mass is 16.4. The van der Waals surface area contributed by atoms with Crippen LogP contribution in [0.25, 0.3) is 0 Å². The molecule has 0 aliphatic rings. The standard InChI is InChI=1S/C16H20N4O/c1-11-7-8-14(16(17)19-21)15(9-11)20(3)10-13-6-4-5-12(2)18-13/h4-9,21H,10H2,1-3H3,(H2,17,19). The first kappa shape index (κ1) is 14.8. The molecular weight excluding hydrogens is 264 g/mol. The maximum Gasteiger partial charge on any atom is 0.172 e. The number of benzene rings is 1. The molecule has 3 N–H and O–H groups in total. The Morgan fingerprint density at radius 1 is 1.29 bits per heavy atom. The van der Waals surface area contributed by atoms with Gasteiger partial charge in [0.15, 0.2) is 5.84 Å². The van der Waals surface area contributed by atoms with Crippen molar-refractivity contribution >= 4 is 11.5 Å². The van der Waals surface area contributed by atoms with E-state index in [1.807, 2.05) is 62.2 Å². The second-order valence-corrected chi connectivity index (χ2v) is 5.13. The number of aromatic nitrogens is 1. The summed E-state index contributed by atoms with van der Waals surface area (Å²) in [5, 5.41) is 12.0. The number of nitrogens with zero attached hydrogens (tertiary/aromatic N) is 3. The lowest BCUT2D eigenvalue weighted by molar-refractivity contribution is 0.318. The maximum atomic E-state index is 8.92. The fourth-order valence-electron chi connectivity index (χ4n) is 2.24. The first-order valence-corrected chi connectivity index (χ1v) is 6.73. The normalized spacial score (nSPS) is 11.5. The Morgan fingerprint density at radius 3 is 2.71 bits per heavy atom. The number of rotatable bonds is 4. The monoisotopic (exact) mass is 284 g/mol. The van der Waals surface area contributed by atoms with Crippen LogP contribution in [0.15, 0.2) is 41.6 Å². The predicted molar refractivity (Wildman–Crippen MR) is 84.8 cm³/mol. The van der Waals surface area contributed by atoms with Crippen molar-refractivity contribution in [2.45, 2.75) is 20.4 Å². The minimum atomic E-state index is 0.106.